The molecule has 1 aromatic heterocycles. The summed E-state index contributed by atoms with van der Waals surface area (Å²) in [6.07, 6.45) is 3.62. The zero-order valence-corrected chi connectivity index (χ0v) is 18.4. The fraction of sp³-hybridized carbons (Fsp3) is 0.261. The molecule has 0 saturated heterocycles. The highest BCUT2D eigenvalue weighted by Gasteiger charge is 2.24. The quantitative estimate of drug-likeness (QED) is 0.613. The van der Waals surface area contributed by atoms with Crippen LogP contribution in [-0.2, 0) is 29.5 Å². The summed E-state index contributed by atoms with van der Waals surface area (Å²) >= 11 is 0. The van der Waals surface area contributed by atoms with Crippen LogP contribution in [0.3, 0.4) is 0 Å². The maximum absolute atomic E-state index is 11.9. The topological polar surface area (TPSA) is 97.5 Å². The highest BCUT2D eigenvalue weighted by atomic mass is 32.2. The third-order valence-electron chi connectivity index (χ3n) is 5.56. The van der Waals surface area contributed by atoms with Gasteiger partial charge in [-0.25, -0.2) is 8.42 Å². The number of nitrogens with two attached hydrogens (primary N) is 1. The molecule has 3 aromatic rings. The number of hydrogen-bond donors (Lipinski definition) is 2. The normalized spacial score (nSPS) is 14.2. The van der Waals surface area contributed by atoms with E-state index < -0.39 is 10.0 Å². The van der Waals surface area contributed by atoms with E-state index in [9.17, 15) is 8.42 Å². The smallest absolute Gasteiger partial charge is 0.211 e. The van der Waals surface area contributed by atoms with Gasteiger partial charge in [0.1, 0.15) is 5.75 Å². The lowest BCUT2D eigenvalue weighted by Crippen LogP contribution is -2.35. The average Bonchev–Trinajstić information content (AvgIpc) is 2.78. The van der Waals surface area contributed by atoms with Crippen molar-refractivity contribution in [2.45, 2.75) is 19.5 Å². The molecule has 0 saturated carbocycles. The van der Waals surface area contributed by atoms with Gasteiger partial charge in [0, 0.05) is 36.6 Å². The first kappa shape index (κ1) is 21.3. The van der Waals surface area contributed by atoms with Crippen molar-refractivity contribution in [3.05, 3.63) is 71.4 Å². The van der Waals surface area contributed by atoms with E-state index >= 15 is 0 Å². The van der Waals surface area contributed by atoms with Crippen molar-refractivity contribution in [2.24, 2.45) is 5.73 Å². The molecule has 2 heterocycles. The summed E-state index contributed by atoms with van der Waals surface area (Å²) in [5.41, 5.74) is 12.8. The molecule has 0 spiro atoms. The van der Waals surface area contributed by atoms with Crippen LogP contribution >= 0.6 is 0 Å². The van der Waals surface area contributed by atoms with Crippen LogP contribution in [0.1, 0.15) is 16.7 Å². The highest BCUT2D eigenvalue weighted by molar-refractivity contribution is 7.88. The monoisotopic (exact) mass is 438 g/mol. The maximum atomic E-state index is 11.9. The van der Waals surface area contributed by atoms with E-state index in [-0.39, 0.29) is 0 Å². The van der Waals surface area contributed by atoms with E-state index in [1.54, 1.807) is 13.3 Å². The molecule has 3 N–H and O–H groups in total. The lowest BCUT2D eigenvalue weighted by Gasteiger charge is -2.28. The Kier molecular flexibility index (Phi) is 5.95. The minimum Gasteiger partial charge on any atom is -0.495 e. The second-order valence-electron chi connectivity index (χ2n) is 7.57. The number of benzene rings is 2. The van der Waals surface area contributed by atoms with Crippen LogP contribution in [0.25, 0.3) is 11.3 Å². The summed E-state index contributed by atoms with van der Waals surface area (Å²) in [7, 11) is -1.59. The molecule has 0 bridgehead atoms. The minimum atomic E-state index is -3.20. The molecule has 0 radical (unpaired) electrons. The van der Waals surface area contributed by atoms with Gasteiger partial charge in [-0.15, -0.1) is 0 Å². The van der Waals surface area contributed by atoms with Crippen LogP contribution in [0, 0.1) is 0 Å². The summed E-state index contributed by atoms with van der Waals surface area (Å²) in [6.45, 7) is 1.29. The Morgan fingerprint density at radius 1 is 1.19 bits per heavy atom. The van der Waals surface area contributed by atoms with Crippen LogP contribution < -0.4 is 15.8 Å². The van der Waals surface area contributed by atoms with Crippen LogP contribution in [0.5, 0.6) is 5.75 Å². The molecular formula is C23H26N4O3S. The van der Waals surface area contributed by atoms with E-state index in [4.69, 9.17) is 10.5 Å². The fourth-order valence-electron chi connectivity index (χ4n) is 3.87. The largest absolute Gasteiger partial charge is 0.495 e. The van der Waals surface area contributed by atoms with Gasteiger partial charge in [-0.2, -0.15) is 4.31 Å². The number of hydrogen-bond acceptors (Lipinski definition) is 6. The van der Waals surface area contributed by atoms with Crippen molar-refractivity contribution < 1.29 is 13.2 Å². The zero-order chi connectivity index (χ0) is 22.0. The van der Waals surface area contributed by atoms with Gasteiger partial charge in [0.25, 0.3) is 0 Å². The number of nitrogens with one attached hydrogen (secondary N) is 1. The lowest BCUT2D eigenvalue weighted by molar-refractivity contribution is 0.395. The Balaban J connectivity index is 1.65. The molecule has 1 aliphatic rings. The highest BCUT2D eigenvalue weighted by Crippen LogP contribution is 2.32. The van der Waals surface area contributed by atoms with E-state index in [1.807, 2.05) is 48.5 Å². The molecule has 0 unspecified atom stereocenters. The van der Waals surface area contributed by atoms with E-state index in [0.29, 0.717) is 31.8 Å². The molecule has 4 rings (SSSR count). The number of sulfonamides is 1. The van der Waals surface area contributed by atoms with Gasteiger partial charge in [0.15, 0.2) is 0 Å². The molecule has 0 atom stereocenters. The van der Waals surface area contributed by atoms with Gasteiger partial charge in [0.05, 0.1) is 25.3 Å². The van der Waals surface area contributed by atoms with Crippen LogP contribution in [0.2, 0.25) is 0 Å². The van der Waals surface area contributed by atoms with E-state index in [1.165, 1.54) is 10.6 Å². The predicted molar refractivity (Wildman–Crippen MR) is 123 cm³/mol. The minimum absolute atomic E-state index is 0.400. The molecule has 0 amide bonds. The van der Waals surface area contributed by atoms with Crippen molar-refractivity contribution in [3.63, 3.8) is 0 Å². The van der Waals surface area contributed by atoms with E-state index in [2.05, 4.69) is 10.3 Å². The van der Waals surface area contributed by atoms with Gasteiger partial charge in [0.2, 0.25) is 10.0 Å². The van der Waals surface area contributed by atoms with Gasteiger partial charge >= 0.3 is 0 Å². The Labute approximate surface area is 182 Å². The number of nitrogens with zero attached hydrogens (tertiary/aromatic N) is 2. The van der Waals surface area contributed by atoms with Crippen molar-refractivity contribution >= 4 is 21.4 Å². The number of pyridine rings is 1. The first-order chi connectivity index (χ1) is 14.9. The van der Waals surface area contributed by atoms with Gasteiger partial charge in [-0.3, -0.25) is 4.98 Å². The third-order valence-corrected chi connectivity index (χ3v) is 6.81. The van der Waals surface area contributed by atoms with Gasteiger partial charge in [-0.05, 0) is 53.4 Å². The Morgan fingerprint density at radius 3 is 2.71 bits per heavy atom. The number of rotatable bonds is 6. The maximum Gasteiger partial charge on any atom is 0.211 e. The number of ether oxygens (including phenoxy) is 1. The first-order valence-electron chi connectivity index (χ1n) is 10.1. The van der Waals surface area contributed by atoms with Crippen molar-refractivity contribution in [1.82, 2.24) is 9.29 Å². The molecule has 1 aliphatic heterocycles. The van der Waals surface area contributed by atoms with Crippen LogP contribution in [0.4, 0.5) is 11.4 Å². The summed E-state index contributed by atoms with van der Waals surface area (Å²) in [5, 5.41) is 3.51. The average molecular weight is 439 g/mol. The summed E-state index contributed by atoms with van der Waals surface area (Å²) in [6, 6.07) is 15.8. The van der Waals surface area contributed by atoms with E-state index in [0.717, 1.165) is 39.3 Å². The van der Waals surface area contributed by atoms with Crippen molar-refractivity contribution in [2.75, 3.05) is 25.2 Å². The zero-order valence-electron chi connectivity index (χ0n) is 17.6. The number of anilines is 2. The molecule has 2 aromatic carbocycles. The molecular weight excluding hydrogens is 412 g/mol. The lowest BCUT2D eigenvalue weighted by atomic mass is 9.98. The molecule has 7 nitrogen and oxygen atoms in total. The van der Waals surface area contributed by atoms with Gasteiger partial charge in [-0.1, -0.05) is 18.2 Å². The molecule has 162 valence electrons. The van der Waals surface area contributed by atoms with Crippen molar-refractivity contribution in [3.8, 4) is 17.0 Å². The van der Waals surface area contributed by atoms with Crippen molar-refractivity contribution in [1.29, 1.82) is 0 Å². The van der Waals surface area contributed by atoms with Gasteiger partial charge < -0.3 is 15.8 Å². The second kappa shape index (κ2) is 8.66. The SMILES string of the molecule is COc1ccc(-c2cc(Nc3cccc4c3CCN(S(C)(=O)=O)C4)ccc2CN)nc1. The third kappa shape index (κ3) is 4.56. The summed E-state index contributed by atoms with van der Waals surface area (Å²) in [5.74, 6) is 0.700. The summed E-state index contributed by atoms with van der Waals surface area (Å²) < 4.78 is 30.6. The molecule has 0 aliphatic carbocycles. The number of fused-ring (bicyclic) bond motifs is 1. The Morgan fingerprint density at radius 2 is 2.03 bits per heavy atom. The Bertz CT molecular complexity index is 1190. The van der Waals surface area contributed by atoms with Crippen LogP contribution in [0.15, 0.2) is 54.7 Å². The first-order valence-corrected chi connectivity index (χ1v) is 11.9. The number of aromatic nitrogens is 1. The predicted octanol–water partition coefficient (Wildman–Crippen LogP) is 3.28. The number of methoxy groups -OCH3 is 1. The molecule has 0 fully saturated rings. The fourth-order valence-corrected chi connectivity index (χ4v) is 4.67. The summed E-state index contributed by atoms with van der Waals surface area (Å²) in [4.78, 5) is 4.51. The standard InChI is InChI=1S/C23H26N4O3S/c1-30-19-8-9-22(25-14-19)21-12-18(7-6-16(21)13-24)26-23-5-3-4-17-15-27(31(2,28)29)11-10-20(17)23/h3-9,12,14,26H,10-11,13,15,24H2,1-2H3. The second-order valence-corrected chi connectivity index (χ2v) is 9.56. The molecule has 8 heteroatoms. The Hall–Kier alpha value is -2.94. The van der Waals surface area contributed by atoms with Crippen LogP contribution in [-0.4, -0.2) is 37.6 Å². The molecule has 31 heavy (non-hydrogen) atoms.